The predicted octanol–water partition coefficient (Wildman–Crippen LogP) is 6.36. The Hall–Kier alpha value is -4.38. The third-order valence-corrected chi connectivity index (χ3v) is 10.6. The number of nitrogens with zero attached hydrogens (tertiary/aromatic N) is 3. The van der Waals surface area contributed by atoms with E-state index in [2.05, 4.69) is 29.0 Å². The van der Waals surface area contributed by atoms with Crippen LogP contribution in [0.1, 0.15) is 82.6 Å². The molecular formula is C35H39FN4O5S. The number of halogens is 1. The molecule has 1 aliphatic heterocycles. The number of rotatable bonds is 7. The zero-order valence-corrected chi connectivity index (χ0v) is 27.6. The molecule has 0 bridgehead atoms. The van der Waals surface area contributed by atoms with Gasteiger partial charge in [-0.3, -0.25) is 13.9 Å². The smallest absolute Gasteiger partial charge is 0.270 e. The molecule has 11 heteroatoms. The minimum absolute atomic E-state index is 0.0476. The first-order chi connectivity index (χ1) is 21.9. The molecule has 9 nitrogen and oxygen atoms in total. The first-order valence-electron chi connectivity index (χ1n) is 15.6. The summed E-state index contributed by atoms with van der Waals surface area (Å²) in [7, 11) is -0.666. The van der Waals surface area contributed by atoms with Crippen molar-refractivity contribution in [3.05, 3.63) is 82.4 Å². The van der Waals surface area contributed by atoms with Crippen LogP contribution in [0.4, 0.5) is 10.1 Å². The predicted molar refractivity (Wildman–Crippen MR) is 178 cm³/mol. The number of carbonyl (C=O) groups is 2. The van der Waals surface area contributed by atoms with E-state index in [1.807, 2.05) is 24.0 Å². The molecule has 1 unspecified atom stereocenters. The van der Waals surface area contributed by atoms with Gasteiger partial charge in [0.25, 0.3) is 11.8 Å². The zero-order valence-electron chi connectivity index (χ0n) is 26.8. The van der Waals surface area contributed by atoms with Gasteiger partial charge >= 0.3 is 0 Å². The Morgan fingerprint density at radius 3 is 2.54 bits per heavy atom. The van der Waals surface area contributed by atoms with Gasteiger partial charge in [0.1, 0.15) is 22.9 Å². The number of nitrogens with one attached hydrogen (secondary N) is 1. The second kappa shape index (κ2) is 12.1. The number of amides is 2. The summed E-state index contributed by atoms with van der Waals surface area (Å²) in [4.78, 5) is 29.3. The molecule has 2 amide bonds. The van der Waals surface area contributed by atoms with Crippen LogP contribution >= 0.6 is 0 Å². The molecule has 2 aliphatic rings. The number of anilines is 1. The van der Waals surface area contributed by atoms with Crippen LogP contribution in [-0.4, -0.2) is 63.1 Å². The van der Waals surface area contributed by atoms with Crippen LogP contribution in [0.3, 0.4) is 0 Å². The van der Waals surface area contributed by atoms with Gasteiger partial charge in [-0.15, -0.1) is 0 Å². The molecular weight excluding hydrogens is 607 g/mol. The van der Waals surface area contributed by atoms with Crippen molar-refractivity contribution in [3.8, 4) is 11.3 Å². The monoisotopic (exact) mass is 646 g/mol. The van der Waals surface area contributed by atoms with E-state index in [1.165, 1.54) is 48.2 Å². The lowest BCUT2D eigenvalue weighted by Crippen LogP contribution is -2.40. The number of hydrogen-bond donors (Lipinski definition) is 1. The van der Waals surface area contributed by atoms with E-state index in [1.54, 1.807) is 6.07 Å². The molecule has 6 rings (SSSR count). The van der Waals surface area contributed by atoms with Gasteiger partial charge in [0.05, 0.1) is 17.5 Å². The number of benzene rings is 2. The lowest BCUT2D eigenvalue weighted by atomic mass is 9.88. The highest BCUT2D eigenvalue weighted by Gasteiger charge is 2.33. The lowest BCUT2D eigenvalue weighted by Gasteiger charge is -2.35. The fourth-order valence-electron chi connectivity index (χ4n) is 6.85. The average Bonchev–Trinajstić information content (AvgIpc) is 3.62. The maximum Gasteiger partial charge on any atom is 0.270 e. The Bertz CT molecular complexity index is 1980. The summed E-state index contributed by atoms with van der Waals surface area (Å²) in [5, 5.41) is 3.19. The van der Waals surface area contributed by atoms with Crippen molar-refractivity contribution in [2.24, 2.45) is 0 Å². The molecule has 1 aliphatic carbocycles. The second-order valence-corrected chi connectivity index (χ2v) is 14.3. The Morgan fingerprint density at radius 2 is 1.87 bits per heavy atom. The Labute approximate surface area is 268 Å². The normalized spacial score (nSPS) is 18.1. The zero-order chi connectivity index (χ0) is 32.9. The number of sulfonamides is 1. The summed E-state index contributed by atoms with van der Waals surface area (Å²) in [5.74, 6) is -0.475. The molecule has 0 radical (unpaired) electrons. The van der Waals surface area contributed by atoms with E-state index < -0.39 is 15.8 Å². The summed E-state index contributed by atoms with van der Waals surface area (Å²) in [5.41, 5.74) is 5.16. The molecule has 1 saturated heterocycles. The minimum Gasteiger partial charge on any atom is -0.455 e. The van der Waals surface area contributed by atoms with Crippen LogP contribution in [0.25, 0.3) is 28.4 Å². The van der Waals surface area contributed by atoms with Crippen LogP contribution < -0.4 is 9.62 Å². The Kier molecular flexibility index (Phi) is 8.30. The molecule has 1 N–H and O–H groups in total. The summed E-state index contributed by atoms with van der Waals surface area (Å²) in [6, 6.07) is 11.2. The number of piperidine rings is 1. The fraction of sp³-hybridized carbons (Fsp3) is 0.371. The van der Waals surface area contributed by atoms with Crippen molar-refractivity contribution in [1.82, 2.24) is 14.8 Å². The minimum atomic E-state index is -3.68. The third kappa shape index (κ3) is 5.50. The first kappa shape index (κ1) is 31.6. The van der Waals surface area contributed by atoms with Crippen molar-refractivity contribution in [2.75, 3.05) is 37.7 Å². The molecule has 2 atom stereocenters. The van der Waals surface area contributed by atoms with Crippen LogP contribution in [0.15, 0.2) is 53.0 Å². The topological polar surface area (TPSA) is 105 Å². The van der Waals surface area contributed by atoms with Gasteiger partial charge in [0, 0.05) is 62.4 Å². The fourth-order valence-corrected chi connectivity index (χ4v) is 7.37. The molecule has 242 valence electrons. The van der Waals surface area contributed by atoms with Crippen molar-refractivity contribution in [3.63, 3.8) is 0 Å². The number of fused-ring (bicyclic) bond motifs is 2. The number of likely N-dealkylation sites (tertiary alicyclic amines) is 1. The Balaban J connectivity index is 1.46. The maximum absolute atomic E-state index is 14.1. The highest BCUT2D eigenvalue weighted by Crippen LogP contribution is 2.42. The number of allylic oxidation sites excluding steroid dienone is 1. The van der Waals surface area contributed by atoms with E-state index in [0.717, 1.165) is 31.2 Å². The molecule has 0 saturated carbocycles. The summed E-state index contributed by atoms with van der Waals surface area (Å²) >= 11 is 0. The van der Waals surface area contributed by atoms with Crippen LogP contribution in [0.5, 0.6) is 0 Å². The highest BCUT2D eigenvalue weighted by molar-refractivity contribution is 7.92. The van der Waals surface area contributed by atoms with Gasteiger partial charge in [-0.2, -0.15) is 0 Å². The molecule has 2 aromatic carbocycles. The quantitative estimate of drug-likeness (QED) is 0.252. The third-order valence-electron chi connectivity index (χ3n) is 9.38. The van der Waals surface area contributed by atoms with Crippen LogP contribution in [-0.2, 0) is 16.6 Å². The molecule has 4 aromatic rings. The lowest BCUT2D eigenvalue weighted by molar-refractivity contribution is 0.0696. The number of aromatic nitrogens is 1. The largest absolute Gasteiger partial charge is 0.455 e. The van der Waals surface area contributed by atoms with Crippen LogP contribution in [0.2, 0.25) is 0 Å². The highest BCUT2D eigenvalue weighted by atomic mass is 32.2. The van der Waals surface area contributed by atoms with Crippen molar-refractivity contribution < 1.29 is 26.8 Å². The van der Waals surface area contributed by atoms with E-state index >= 15 is 0 Å². The van der Waals surface area contributed by atoms with Gasteiger partial charge in [0.15, 0.2) is 0 Å². The van der Waals surface area contributed by atoms with Crippen molar-refractivity contribution in [1.29, 1.82) is 0 Å². The number of furan rings is 1. The summed E-state index contributed by atoms with van der Waals surface area (Å²) < 4.78 is 49.0. The van der Waals surface area contributed by atoms with Gasteiger partial charge in [-0.25, -0.2) is 12.8 Å². The Morgan fingerprint density at radius 1 is 1.13 bits per heavy atom. The average molecular weight is 647 g/mol. The molecule has 2 aromatic heterocycles. The standard InChI is InChI=1S/C35H39FN4O5S/c1-6-40-28-11-7-9-21(2)25(28)18-30(40)35(42)39-16-8-10-23(20-39)26-17-27-31(19-29(26)38(4)46(5,43)44)45-33(32(27)34(41)37-3)22-12-14-24(36)15-13-22/h7,11-15,17-19,21,23H,6,8-10,16,20H2,1-5H3,(H,37,41)/t21?,23-/m1/s1. The number of hydrogen-bond acceptors (Lipinski definition) is 5. The number of carbonyl (C=O) groups excluding carboxylic acids is 2. The van der Waals surface area contributed by atoms with Crippen molar-refractivity contribution in [2.45, 2.75) is 51.5 Å². The van der Waals surface area contributed by atoms with Gasteiger partial charge in [-0.05, 0) is 85.7 Å². The van der Waals surface area contributed by atoms with Crippen LogP contribution in [0, 0.1) is 5.82 Å². The first-order valence-corrected chi connectivity index (χ1v) is 17.5. The van der Waals surface area contributed by atoms with E-state index in [9.17, 15) is 22.4 Å². The molecule has 0 spiro atoms. The maximum atomic E-state index is 14.1. The van der Waals surface area contributed by atoms with E-state index in [-0.39, 0.29) is 29.1 Å². The van der Waals surface area contributed by atoms with E-state index in [4.69, 9.17) is 4.42 Å². The second-order valence-electron chi connectivity index (χ2n) is 12.3. The van der Waals surface area contributed by atoms with Gasteiger partial charge in [-0.1, -0.05) is 13.0 Å². The SMILES string of the molecule is CCn1c(C(=O)N2CCC[C@@H](c3cc4c(C(=O)NC)c(-c5ccc(F)cc5)oc4cc3N(C)S(C)(=O)=O)C2)cc2c1C=CCC2C. The van der Waals surface area contributed by atoms with Gasteiger partial charge in [0.2, 0.25) is 10.0 Å². The van der Waals surface area contributed by atoms with Gasteiger partial charge < -0.3 is 19.2 Å². The molecule has 46 heavy (non-hydrogen) atoms. The summed E-state index contributed by atoms with van der Waals surface area (Å²) in [6.07, 6.45) is 7.79. The molecule has 1 fully saturated rings. The summed E-state index contributed by atoms with van der Waals surface area (Å²) in [6.45, 7) is 5.86. The molecule has 3 heterocycles. The van der Waals surface area contributed by atoms with E-state index in [0.29, 0.717) is 59.0 Å². The van der Waals surface area contributed by atoms with Crippen molar-refractivity contribution >= 4 is 44.6 Å².